The van der Waals surface area contributed by atoms with Crippen molar-refractivity contribution < 1.29 is 18.0 Å². The molecule has 1 heterocycles. The minimum Gasteiger partial charge on any atom is -0.303 e. The molecule has 0 atom stereocenters. The Labute approximate surface area is 122 Å². The highest BCUT2D eigenvalue weighted by Crippen LogP contribution is 2.25. The van der Waals surface area contributed by atoms with Crippen molar-refractivity contribution in [1.29, 1.82) is 0 Å². The van der Waals surface area contributed by atoms with Crippen molar-refractivity contribution in [2.45, 2.75) is 65.1 Å². The van der Waals surface area contributed by atoms with Crippen LogP contribution in [0.1, 0.15) is 52.7 Å². The summed E-state index contributed by atoms with van der Waals surface area (Å²) >= 11 is 0. The van der Waals surface area contributed by atoms with Crippen LogP contribution in [-0.4, -0.2) is 21.9 Å². The number of amides is 1. The maximum atomic E-state index is 12.4. The zero-order chi connectivity index (χ0) is 16.3. The maximum absolute atomic E-state index is 12.4. The van der Waals surface area contributed by atoms with Crippen LogP contribution in [0.25, 0.3) is 0 Å². The van der Waals surface area contributed by atoms with Crippen molar-refractivity contribution in [2.75, 3.05) is 5.32 Å². The molecule has 1 aromatic rings. The van der Waals surface area contributed by atoms with Crippen LogP contribution in [0.5, 0.6) is 0 Å². The average molecular weight is 305 g/mol. The summed E-state index contributed by atoms with van der Waals surface area (Å²) in [4.78, 5) is 11.1. The largest absolute Gasteiger partial charge is 0.471 e. The predicted octanol–water partition coefficient (Wildman–Crippen LogP) is 3.87. The van der Waals surface area contributed by atoms with E-state index in [0.29, 0.717) is 12.2 Å². The number of halogens is 3. The highest BCUT2D eigenvalue weighted by atomic mass is 19.4. The third-order valence-electron chi connectivity index (χ3n) is 3.02. The molecule has 0 aromatic carbocycles. The second-order valence-electron chi connectivity index (χ2n) is 6.05. The van der Waals surface area contributed by atoms with Gasteiger partial charge in [-0.2, -0.15) is 18.3 Å². The Bertz CT molecular complexity index is 487. The van der Waals surface area contributed by atoms with Gasteiger partial charge in [-0.3, -0.25) is 4.79 Å². The first-order valence-electron chi connectivity index (χ1n) is 7.02. The van der Waals surface area contributed by atoms with Crippen LogP contribution in [0.3, 0.4) is 0 Å². The topological polar surface area (TPSA) is 46.9 Å². The summed E-state index contributed by atoms with van der Waals surface area (Å²) in [6.07, 6.45) is -2.15. The fraction of sp³-hybridized carbons (Fsp3) is 0.714. The van der Waals surface area contributed by atoms with Gasteiger partial charge in [-0.15, -0.1) is 0 Å². The highest BCUT2D eigenvalue weighted by Gasteiger charge is 2.39. The summed E-state index contributed by atoms with van der Waals surface area (Å²) < 4.78 is 38.6. The maximum Gasteiger partial charge on any atom is 0.471 e. The summed E-state index contributed by atoms with van der Waals surface area (Å²) in [6.45, 7) is 8.27. The van der Waals surface area contributed by atoms with Crippen LogP contribution in [0.4, 0.5) is 19.0 Å². The van der Waals surface area contributed by atoms with Gasteiger partial charge >= 0.3 is 12.1 Å². The van der Waals surface area contributed by atoms with Crippen LogP contribution < -0.4 is 5.32 Å². The molecule has 1 amide bonds. The zero-order valence-corrected chi connectivity index (χ0v) is 12.8. The van der Waals surface area contributed by atoms with Gasteiger partial charge in [0.05, 0.1) is 5.69 Å². The molecule has 120 valence electrons. The molecule has 0 spiro atoms. The summed E-state index contributed by atoms with van der Waals surface area (Å²) in [6, 6.07) is 1.51. The molecule has 0 bridgehead atoms. The van der Waals surface area contributed by atoms with Crippen molar-refractivity contribution in [2.24, 2.45) is 0 Å². The van der Waals surface area contributed by atoms with Gasteiger partial charge in [0.2, 0.25) is 0 Å². The van der Waals surface area contributed by atoms with Crippen molar-refractivity contribution >= 4 is 11.7 Å². The fourth-order valence-electron chi connectivity index (χ4n) is 1.75. The summed E-state index contributed by atoms with van der Waals surface area (Å²) in [7, 11) is 0. The lowest BCUT2D eigenvalue weighted by molar-refractivity contribution is -0.167. The molecular weight excluding hydrogens is 283 g/mol. The van der Waals surface area contributed by atoms with E-state index in [0.717, 1.165) is 19.3 Å². The Kier molecular flexibility index (Phi) is 5.42. The molecule has 1 aromatic heterocycles. The van der Waals surface area contributed by atoms with Gasteiger partial charge in [-0.25, -0.2) is 4.68 Å². The van der Waals surface area contributed by atoms with Crippen LogP contribution in [0.15, 0.2) is 6.07 Å². The third-order valence-corrected chi connectivity index (χ3v) is 3.02. The molecule has 0 aliphatic carbocycles. The quantitative estimate of drug-likeness (QED) is 0.839. The van der Waals surface area contributed by atoms with E-state index in [4.69, 9.17) is 0 Å². The van der Waals surface area contributed by atoms with Gasteiger partial charge < -0.3 is 5.32 Å². The second kappa shape index (κ2) is 6.49. The summed E-state index contributed by atoms with van der Waals surface area (Å²) in [5.41, 5.74) is 0.352. The van der Waals surface area contributed by atoms with Gasteiger partial charge in [-0.1, -0.05) is 40.5 Å². The molecule has 0 saturated heterocycles. The van der Waals surface area contributed by atoms with E-state index < -0.39 is 12.1 Å². The first-order valence-corrected chi connectivity index (χ1v) is 7.02. The van der Waals surface area contributed by atoms with Crippen molar-refractivity contribution in [1.82, 2.24) is 9.78 Å². The molecule has 4 nitrogen and oxygen atoms in total. The fourth-order valence-corrected chi connectivity index (χ4v) is 1.75. The van der Waals surface area contributed by atoms with E-state index in [1.807, 2.05) is 33.0 Å². The van der Waals surface area contributed by atoms with Crippen LogP contribution >= 0.6 is 0 Å². The number of nitrogens with zero attached hydrogens (tertiary/aromatic N) is 2. The molecule has 0 fully saturated rings. The summed E-state index contributed by atoms with van der Waals surface area (Å²) in [5, 5.41) is 6.23. The lowest BCUT2D eigenvalue weighted by Gasteiger charge is -2.14. The molecule has 21 heavy (non-hydrogen) atoms. The molecule has 0 aliphatic rings. The van der Waals surface area contributed by atoms with E-state index in [1.54, 1.807) is 0 Å². The number of rotatable bonds is 5. The SMILES string of the molecule is CCCCCn1nc(C(C)(C)C)cc1NC(=O)C(F)(F)F. The number of nitrogens with one attached hydrogen (secondary N) is 1. The Morgan fingerprint density at radius 1 is 1.29 bits per heavy atom. The zero-order valence-electron chi connectivity index (χ0n) is 12.8. The predicted molar refractivity (Wildman–Crippen MR) is 75.1 cm³/mol. The standard InChI is InChI=1S/C14H22F3N3O/c1-5-6-7-8-20-11(18-12(21)14(15,16)17)9-10(19-20)13(2,3)4/h9H,5-8H2,1-4H3,(H,18,21). The van der Waals surface area contributed by atoms with E-state index in [1.165, 1.54) is 10.7 Å². The lowest BCUT2D eigenvalue weighted by atomic mass is 9.92. The van der Waals surface area contributed by atoms with E-state index in [2.05, 4.69) is 5.10 Å². The number of aromatic nitrogens is 2. The van der Waals surface area contributed by atoms with Crippen molar-refractivity contribution in [3.63, 3.8) is 0 Å². The minimum atomic E-state index is -4.90. The van der Waals surface area contributed by atoms with E-state index in [-0.39, 0.29) is 11.2 Å². The average Bonchev–Trinajstić information content (AvgIpc) is 2.71. The normalized spacial score (nSPS) is 12.5. The number of alkyl halides is 3. The number of aryl methyl sites for hydroxylation is 1. The number of hydrogen-bond donors (Lipinski definition) is 1. The van der Waals surface area contributed by atoms with Gasteiger partial charge in [0.15, 0.2) is 0 Å². The molecule has 0 aliphatic heterocycles. The number of unbranched alkanes of at least 4 members (excludes halogenated alkanes) is 2. The number of hydrogen-bond acceptors (Lipinski definition) is 2. The van der Waals surface area contributed by atoms with E-state index >= 15 is 0 Å². The highest BCUT2D eigenvalue weighted by molar-refractivity contribution is 5.94. The van der Waals surface area contributed by atoms with Crippen LogP contribution in [-0.2, 0) is 16.8 Å². The lowest BCUT2D eigenvalue weighted by Crippen LogP contribution is -2.31. The first-order chi connectivity index (χ1) is 9.55. The van der Waals surface area contributed by atoms with Crippen molar-refractivity contribution in [3.8, 4) is 0 Å². The van der Waals surface area contributed by atoms with Gasteiger partial charge in [0.25, 0.3) is 0 Å². The first kappa shape index (κ1) is 17.5. The minimum absolute atomic E-state index is 0.0957. The Morgan fingerprint density at radius 3 is 2.38 bits per heavy atom. The monoisotopic (exact) mass is 305 g/mol. The molecule has 0 saturated carbocycles. The Balaban J connectivity index is 2.98. The Morgan fingerprint density at radius 2 is 1.90 bits per heavy atom. The smallest absolute Gasteiger partial charge is 0.303 e. The number of anilines is 1. The van der Waals surface area contributed by atoms with Gasteiger partial charge in [0.1, 0.15) is 5.82 Å². The Hall–Kier alpha value is -1.53. The van der Waals surface area contributed by atoms with Gasteiger partial charge in [-0.05, 0) is 6.42 Å². The van der Waals surface area contributed by atoms with Crippen LogP contribution in [0, 0.1) is 0 Å². The van der Waals surface area contributed by atoms with Crippen LogP contribution in [0.2, 0.25) is 0 Å². The molecule has 1 rings (SSSR count). The number of carbonyl (C=O) groups is 1. The molecule has 0 unspecified atom stereocenters. The van der Waals surface area contributed by atoms with E-state index in [9.17, 15) is 18.0 Å². The van der Waals surface area contributed by atoms with Gasteiger partial charge in [0, 0.05) is 18.0 Å². The molecule has 0 radical (unpaired) electrons. The molecular formula is C14H22F3N3O. The molecule has 1 N–H and O–H groups in total. The summed E-state index contributed by atoms with van der Waals surface area (Å²) in [5.74, 6) is -1.88. The third kappa shape index (κ3) is 5.06. The van der Waals surface area contributed by atoms with Crippen molar-refractivity contribution in [3.05, 3.63) is 11.8 Å². The molecule has 7 heteroatoms. The number of carbonyl (C=O) groups excluding carboxylic acids is 1. The second-order valence-corrected chi connectivity index (χ2v) is 6.05.